The highest BCUT2D eigenvalue weighted by atomic mass is 35.5. The Morgan fingerprint density at radius 1 is 1.05 bits per heavy atom. The number of rotatable bonds is 2. The number of fused-ring (bicyclic) bond motifs is 1. The van der Waals surface area contributed by atoms with Gasteiger partial charge in [-0.1, -0.05) is 35.3 Å². The molecule has 0 aliphatic rings. The minimum Gasteiger partial charge on any atom is -0.294 e. The number of nitrogens with zero attached hydrogens (tertiary/aromatic N) is 2. The fraction of sp³-hybridized carbons (Fsp3) is 0.0714. The number of halogens is 3. The highest BCUT2D eigenvalue weighted by Crippen LogP contribution is 2.29. The molecule has 0 radical (unpaired) electrons. The Balaban J connectivity index is 2.34. The summed E-state index contributed by atoms with van der Waals surface area (Å²) in [6, 6.07) is 13.2. The smallest absolute Gasteiger partial charge is 0.129 e. The molecule has 19 heavy (non-hydrogen) atoms. The summed E-state index contributed by atoms with van der Waals surface area (Å²) in [6.07, 6.45) is 0. The molecule has 0 saturated heterocycles. The van der Waals surface area contributed by atoms with Gasteiger partial charge >= 0.3 is 0 Å². The second kappa shape index (κ2) is 5.04. The average Bonchev–Trinajstić information content (AvgIpc) is 2.77. The van der Waals surface area contributed by atoms with E-state index >= 15 is 0 Å². The van der Waals surface area contributed by atoms with E-state index in [1.165, 1.54) is 0 Å². The summed E-state index contributed by atoms with van der Waals surface area (Å²) in [5, 5.41) is 1.17. The van der Waals surface area contributed by atoms with E-state index in [1.54, 1.807) is 12.1 Å². The van der Waals surface area contributed by atoms with Gasteiger partial charge in [0.05, 0.1) is 27.6 Å². The maximum Gasteiger partial charge on any atom is 0.129 e. The van der Waals surface area contributed by atoms with E-state index in [2.05, 4.69) is 4.98 Å². The first-order valence-electron chi connectivity index (χ1n) is 5.68. The molecule has 0 aliphatic carbocycles. The van der Waals surface area contributed by atoms with Crippen LogP contribution in [-0.2, 0) is 5.88 Å². The lowest BCUT2D eigenvalue weighted by molar-refractivity contribution is 0.982. The summed E-state index contributed by atoms with van der Waals surface area (Å²) in [5.74, 6) is 1.07. The Kier molecular flexibility index (Phi) is 3.40. The van der Waals surface area contributed by atoms with Crippen molar-refractivity contribution in [3.63, 3.8) is 0 Å². The van der Waals surface area contributed by atoms with Crippen LogP contribution in [0.15, 0.2) is 42.5 Å². The number of hydrogen-bond donors (Lipinski definition) is 0. The van der Waals surface area contributed by atoms with Crippen LogP contribution in [0.3, 0.4) is 0 Å². The van der Waals surface area contributed by atoms with Gasteiger partial charge in [0.2, 0.25) is 0 Å². The van der Waals surface area contributed by atoms with Gasteiger partial charge in [0, 0.05) is 5.02 Å². The Bertz CT molecular complexity index is 750. The average molecular weight is 312 g/mol. The Hall–Kier alpha value is -1.22. The van der Waals surface area contributed by atoms with Crippen LogP contribution in [0.2, 0.25) is 10.0 Å². The fourth-order valence-corrected chi connectivity index (χ4v) is 2.77. The zero-order valence-electron chi connectivity index (χ0n) is 9.78. The van der Waals surface area contributed by atoms with Crippen LogP contribution in [0.4, 0.5) is 0 Å². The van der Waals surface area contributed by atoms with E-state index in [1.807, 2.05) is 34.9 Å². The topological polar surface area (TPSA) is 17.8 Å². The maximum atomic E-state index is 6.27. The van der Waals surface area contributed by atoms with Crippen molar-refractivity contribution in [2.24, 2.45) is 0 Å². The Morgan fingerprint density at radius 3 is 2.58 bits per heavy atom. The van der Waals surface area contributed by atoms with Crippen molar-refractivity contribution < 1.29 is 0 Å². The van der Waals surface area contributed by atoms with Crippen molar-refractivity contribution in [3.05, 3.63) is 58.3 Å². The van der Waals surface area contributed by atoms with Gasteiger partial charge in [-0.2, -0.15) is 0 Å². The van der Waals surface area contributed by atoms with Gasteiger partial charge in [-0.05, 0) is 30.3 Å². The molecule has 0 spiro atoms. The lowest BCUT2D eigenvalue weighted by Gasteiger charge is -2.10. The number of hydrogen-bond acceptors (Lipinski definition) is 1. The van der Waals surface area contributed by atoms with Gasteiger partial charge < -0.3 is 0 Å². The maximum absolute atomic E-state index is 6.27. The van der Waals surface area contributed by atoms with Crippen molar-refractivity contribution in [3.8, 4) is 5.69 Å². The quantitative estimate of drug-likeness (QED) is 0.604. The summed E-state index contributed by atoms with van der Waals surface area (Å²) < 4.78 is 1.96. The minimum atomic E-state index is 0.313. The van der Waals surface area contributed by atoms with E-state index in [0.717, 1.165) is 22.5 Å². The van der Waals surface area contributed by atoms with Crippen LogP contribution in [-0.4, -0.2) is 9.55 Å². The van der Waals surface area contributed by atoms with E-state index < -0.39 is 0 Å². The molecule has 0 aliphatic heterocycles. The molecule has 5 heteroatoms. The number of benzene rings is 2. The van der Waals surface area contributed by atoms with Gasteiger partial charge in [-0.25, -0.2) is 4.98 Å². The van der Waals surface area contributed by atoms with Gasteiger partial charge in [0.25, 0.3) is 0 Å². The summed E-state index contributed by atoms with van der Waals surface area (Å²) >= 11 is 18.2. The number of alkyl halides is 1. The highest BCUT2D eigenvalue weighted by Gasteiger charge is 2.13. The first-order chi connectivity index (χ1) is 9.20. The third kappa shape index (κ3) is 2.20. The molecule has 2 aromatic carbocycles. The summed E-state index contributed by atoms with van der Waals surface area (Å²) in [4.78, 5) is 4.51. The standard InChI is InChI=1S/C14H9Cl3N2/c15-8-14-18-11-3-1-2-4-13(11)19(14)12-6-5-9(16)7-10(12)17/h1-7H,8H2. The van der Waals surface area contributed by atoms with Crippen LogP contribution < -0.4 is 0 Å². The molecule has 2 nitrogen and oxygen atoms in total. The van der Waals surface area contributed by atoms with Crippen LogP contribution >= 0.6 is 34.8 Å². The predicted octanol–water partition coefficient (Wildman–Crippen LogP) is 5.07. The first-order valence-corrected chi connectivity index (χ1v) is 6.97. The molecule has 0 N–H and O–H groups in total. The fourth-order valence-electron chi connectivity index (χ4n) is 2.10. The number of para-hydroxylation sites is 2. The minimum absolute atomic E-state index is 0.313. The number of imidazole rings is 1. The van der Waals surface area contributed by atoms with Gasteiger partial charge in [0.1, 0.15) is 5.82 Å². The van der Waals surface area contributed by atoms with Gasteiger partial charge in [-0.15, -0.1) is 11.6 Å². The monoisotopic (exact) mass is 310 g/mol. The molecule has 96 valence electrons. The first kappa shape index (κ1) is 12.8. The lowest BCUT2D eigenvalue weighted by Crippen LogP contribution is -2.00. The van der Waals surface area contributed by atoms with Gasteiger partial charge in [-0.3, -0.25) is 4.57 Å². The zero-order valence-corrected chi connectivity index (χ0v) is 12.0. The second-order valence-electron chi connectivity index (χ2n) is 4.08. The molecule has 1 aromatic heterocycles. The molecule has 1 heterocycles. The molecular weight excluding hydrogens is 303 g/mol. The van der Waals surface area contributed by atoms with Crippen LogP contribution in [0.25, 0.3) is 16.7 Å². The van der Waals surface area contributed by atoms with E-state index in [-0.39, 0.29) is 0 Å². The van der Waals surface area contributed by atoms with Gasteiger partial charge in [0.15, 0.2) is 0 Å². The molecule has 3 aromatic rings. The second-order valence-corrected chi connectivity index (χ2v) is 5.19. The zero-order chi connectivity index (χ0) is 13.4. The van der Waals surface area contributed by atoms with E-state index in [4.69, 9.17) is 34.8 Å². The lowest BCUT2D eigenvalue weighted by atomic mass is 10.2. The summed E-state index contributed by atoms with van der Waals surface area (Å²) in [5.41, 5.74) is 2.70. The molecule has 0 amide bonds. The summed E-state index contributed by atoms with van der Waals surface area (Å²) in [7, 11) is 0. The third-order valence-electron chi connectivity index (χ3n) is 2.90. The Labute approximate surface area is 125 Å². The van der Waals surface area contributed by atoms with Crippen molar-refractivity contribution in [1.82, 2.24) is 9.55 Å². The predicted molar refractivity (Wildman–Crippen MR) is 80.6 cm³/mol. The molecule has 0 saturated carbocycles. The van der Waals surface area contributed by atoms with Crippen molar-refractivity contribution in [1.29, 1.82) is 0 Å². The molecule has 0 bridgehead atoms. The number of aromatic nitrogens is 2. The normalized spacial score (nSPS) is 11.1. The third-order valence-corrected chi connectivity index (χ3v) is 3.68. The molecular formula is C14H9Cl3N2. The molecule has 0 unspecified atom stereocenters. The Morgan fingerprint density at radius 2 is 1.84 bits per heavy atom. The van der Waals surface area contributed by atoms with E-state index in [9.17, 15) is 0 Å². The SMILES string of the molecule is ClCc1nc2ccccc2n1-c1ccc(Cl)cc1Cl. The molecule has 0 atom stereocenters. The van der Waals surface area contributed by atoms with Crippen LogP contribution in [0.5, 0.6) is 0 Å². The van der Waals surface area contributed by atoms with Crippen molar-refractivity contribution in [2.45, 2.75) is 5.88 Å². The van der Waals surface area contributed by atoms with E-state index in [0.29, 0.717) is 15.9 Å². The van der Waals surface area contributed by atoms with Crippen molar-refractivity contribution in [2.75, 3.05) is 0 Å². The highest BCUT2D eigenvalue weighted by molar-refractivity contribution is 6.35. The van der Waals surface area contributed by atoms with Crippen LogP contribution in [0.1, 0.15) is 5.82 Å². The van der Waals surface area contributed by atoms with Crippen LogP contribution in [0, 0.1) is 0 Å². The molecule has 0 fully saturated rings. The summed E-state index contributed by atoms with van der Waals surface area (Å²) in [6.45, 7) is 0. The largest absolute Gasteiger partial charge is 0.294 e. The molecule has 3 rings (SSSR count). The van der Waals surface area contributed by atoms with Crippen molar-refractivity contribution >= 4 is 45.8 Å².